The summed E-state index contributed by atoms with van der Waals surface area (Å²) in [6.07, 6.45) is 0. The summed E-state index contributed by atoms with van der Waals surface area (Å²) in [6, 6.07) is 6.98. The summed E-state index contributed by atoms with van der Waals surface area (Å²) in [5.74, 6) is -0.0400. The van der Waals surface area contributed by atoms with Crippen molar-refractivity contribution in [2.45, 2.75) is 6.92 Å². The van der Waals surface area contributed by atoms with Crippen LogP contribution < -0.4 is 11.3 Å². The van der Waals surface area contributed by atoms with Crippen LogP contribution in [0.2, 0.25) is 0 Å². The number of rotatable bonds is 1. The van der Waals surface area contributed by atoms with Crippen LogP contribution in [0.4, 0.5) is 0 Å². The molecule has 1 aromatic heterocycles. The van der Waals surface area contributed by atoms with Crippen molar-refractivity contribution in [3.63, 3.8) is 0 Å². The van der Waals surface area contributed by atoms with Gasteiger partial charge in [-0.3, -0.25) is 10.2 Å². The van der Waals surface area contributed by atoms with E-state index in [0.29, 0.717) is 11.1 Å². The molecular formula is C11H11N3O. The second-order valence-corrected chi connectivity index (χ2v) is 3.46. The van der Waals surface area contributed by atoms with Crippen molar-refractivity contribution in [2.75, 3.05) is 0 Å². The molecule has 4 nitrogen and oxygen atoms in total. The average Bonchev–Trinajstić information content (AvgIpc) is 2.16. The number of nitrogens with one attached hydrogen (secondary N) is 2. The fourth-order valence-electron chi connectivity index (χ4n) is 1.67. The van der Waals surface area contributed by atoms with Crippen molar-refractivity contribution < 1.29 is 0 Å². The van der Waals surface area contributed by atoms with E-state index in [0.717, 1.165) is 10.9 Å². The van der Waals surface area contributed by atoms with Gasteiger partial charge < -0.3 is 10.7 Å². The highest BCUT2D eigenvalue weighted by Gasteiger charge is 2.06. The van der Waals surface area contributed by atoms with Crippen LogP contribution >= 0.6 is 0 Å². The zero-order valence-electron chi connectivity index (χ0n) is 8.29. The smallest absolute Gasteiger partial charge is 0.248 e. The van der Waals surface area contributed by atoms with E-state index in [2.05, 4.69) is 4.98 Å². The number of hydrogen-bond donors (Lipinski definition) is 3. The number of hydrogen-bond acceptors (Lipinski definition) is 2. The van der Waals surface area contributed by atoms with E-state index in [1.807, 2.05) is 19.1 Å². The van der Waals surface area contributed by atoms with E-state index >= 15 is 0 Å². The number of aryl methyl sites for hydroxylation is 1. The minimum atomic E-state index is -0.173. The molecule has 76 valence electrons. The molecule has 0 amide bonds. The molecule has 1 aromatic carbocycles. The predicted molar refractivity (Wildman–Crippen MR) is 60.3 cm³/mol. The molecule has 0 saturated heterocycles. The van der Waals surface area contributed by atoms with Gasteiger partial charge in [-0.05, 0) is 18.6 Å². The first-order valence-corrected chi connectivity index (χ1v) is 4.56. The topological polar surface area (TPSA) is 82.7 Å². The summed E-state index contributed by atoms with van der Waals surface area (Å²) < 4.78 is 0. The first-order valence-electron chi connectivity index (χ1n) is 4.56. The summed E-state index contributed by atoms with van der Waals surface area (Å²) in [4.78, 5) is 14.0. The van der Waals surface area contributed by atoms with Crippen molar-refractivity contribution in [1.82, 2.24) is 4.98 Å². The van der Waals surface area contributed by atoms with Gasteiger partial charge in [0.2, 0.25) is 5.56 Å². The molecular weight excluding hydrogens is 190 g/mol. The van der Waals surface area contributed by atoms with Crippen molar-refractivity contribution in [1.29, 1.82) is 5.41 Å². The summed E-state index contributed by atoms with van der Waals surface area (Å²) in [5.41, 5.74) is 7.35. The van der Waals surface area contributed by atoms with Gasteiger partial charge in [0.1, 0.15) is 5.84 Å². The highest BCUT2D eigenvalue weighted by Crippen LogP contribution is 2.17. The minimum Gasteiger partial charge on any atom is -0.384 e. The van der Waals surface area contributed by atoms with Crippen molar-refractivity contribution in [3.05, 3.63) is 45.7 Å². The monoisotopic (exact) mass is 201 g/mol. The Morgan fingerprint density at radius 1 is 1.47 bits per heavy atom. The summed E-state index contributed by atoms with van der Waals surface area (Å²) in [5, 5.41) is 8.33. The Bertz CT molecular complexity index is 598. The second-order valence-electron chi connectivity index (χ2n) is 3.46. The molecule has 0 unspecified atom stereocenters. The molecule has 2 aromatic rings. The number of aromatic nitrogens is 1. The lowest BCUT2D eigenvalue weighted by molar-refractivity contribution is 1.27. The quantitative estimate of drug-likeness (QED) is 0.477. The van der Waals surface area contributed by atoms with Crippen molar-refractivity contribution >= 4 is 16.7 Å². The van der Waals surface area contributed by atoms with Crippen LogP contribution in [0, 0.1) is 12.3 Å². The second kappa shape index (κ2) is 3.24. The number of para-hydroxylation sites is 1. The van der Waals surface area contributed by atoms with Gasteiger partial charge in [0, 0.05) is 17.0 Å². The van der Waals surface area contributed by atoms with E-state index in [1.165, 1.54) is 6.07 Å². The Labute approximate surface area is 86.2 Å². The van der Waals surface area contributed by atoms with Crippen LogP contribution in [-0.4, -0.2) is 10.8 Å². The molecule has 0 saturated carbocycles. The summed E-state index contributed by atoms with van der Waals surface area (Å²) >= 11 is 0. The lowest BCUT2D eigenvalue weighted by Gasteiger charge is -2.06. The van der Waals surface area contributed by atoms with E-state index in [-0.39, 0.29) is 11.4 Å². The van der Waals surface area contributed by atoms with Gasteiger partial charge in [-0.1, -0.05) is 12.1 Å². The number of pyridine rings is 1. The Morgan fingerprint density at radius 2 is 2.20 bits per heavy atom. The molecule has 1 heterocycles. The van der Waals surface area contributed by atoms with Crippen molar-refractivity contribution in [2.24, 2.45) is 5.73 Å². The maximum Gasteiger partial charge on any atom is 0.248 e. The highest BCUT2D eigenvalue weighted by atomic mass is 16.1. The standard InChI is InChI=1S/C11H11N3O/c1-6-5-9(15)14-10-7(6)3-2-4-8(10)11(12)13/h2-5H,1H3,(H3,12,13)(H,14,15). The van der Waals surface area contributed by atoms with Crippen LogP contribution in [-0.2, 0) is 0 Å². The van der Waals surface area contributed by atoms with Gasteiger partial charge in [0.15, 0.2) is 0 Å². The van der Waals surface area contributed by atoms with Gasteiger partial charge in [-0.15, -0.1) is 0 Å². The van der Waals surface area contributed by atoms with Gasteiger partial charge >= 0.3 is 0 Å². The number of fused-ring (bicyclic) bond motifs is 1. The molecule has 15 heavy (non-hydrogen) atoms. The number of nitrogens with two attached hydrogens (primary N) is 1. The third-order valence-corrected chi connectivity index (χ3v) is 2.38. The molecule has 4 heteroatoms. The molecule has 0 radical (unpaired) electrons. The SMILES string of the molecule is Cc1cc(=O)[nH]c2c(C(=N)N)cccc12. The fraction of sp³-hybridized carbons (Fsp3) is 0.0909. The zero-order valence-corrected chi connectivity index (χ0v) is 8.29. The number of benzene rings is 1. The van der Waals surface area contributed by atoms with Crippen LogP contribution in [0.1, 0.15) is 11.1 Å². The lowest BCUT2D eigenvalue weighted by atomic mass is 10.1. The molecule has 0 bridgehead atoms. The highest BCUT2D eigenvalue weighted by molar-refractivity contribution is 6.06. The maximum absolute atomic E-state index is 11.3. The first-order chi connectivity index (χ1) is 7.09. The molecule has 0 spiro atoms. The minimum absolute atomic E-state index is 0.0400. The molecule has 4 N–H and O–H groups in total. The number of nitrogen functional groups attached to an aromatic ring is 1. The predicted octanol–water partition coefficient (Wildman–Crippen LogP) is 1.12. The third kappa shape index (κ3) is 1.50. The lowest BCUT2D eigenvalue weighted by Crippen LogP contribution is -2.14. The van der Waals surface area contributed by atoms with Crippen LogP contribution in [0.15, 0.2) is 29.1 Å². The molecule has 0 fully saturated rings. The third-order valence-electron chi connectivity index (χ3n) is 2.38. The van der Waals surface area contributed by atoms with Crippen LogP contribution in [0.3, 0.4) is 0 Å². The van der Waals surface area contributed by atoms with Crippen LogP contribution in [0.25, 0.3) is 10.9 Å². The van der Waals surface area contributed by atoms with Gasteiger partial charge in [0.25, 0.3) is 0 Å². The Morgan fingerprint density at radius 3 is 2.87 bits per heavy atom. The largest absolute Gasteiger partial charge is 0.384 e. The van der Waals surface area contributed by atoms with E-state index in [4.69, 9.17) is 11.1 Å². The maximum atomic E-state index is 11.3. The fourth-order valence-corrected chi connectivity index (χ4v) is 1.67. The summed E-state index contributed by atoms with van der Waals surface area (Å²) in [7, 11) is 0. The van der Waals surface area contributed by atoms with Crippen molar-refractivity contribution in [3.8, 4) is 0 Å². The average molecular weight is 201 g/mol. The number of aromatic amines is 1. The van der Waals surface area contributed by atoms with Gasteiger partial charge in [-0.2, -0.15) is 0 Å². The van der Waals surface area contributed by atoms with Gasteiger partial charge in [0.05, 0.1) is 5.52 Å². The number of amidine groups is 1. The molecule has 0 atom stereocenters. The van der Waals surface area contributed by atoms with Gasteiger partial charge in [-0.25, -0.2) is 0 Å². The molecule has 0 aliphatic carbocycles. The van der Waals surface area contributed by atoms with E-state index in [9.17, 15) is 4.79 Å². The normalized spacial score (nSPS) is 10.5. The zero-order chi connectivity index (χ0) is 11.0. The molecule has 2 rings (SSSR count). The molecule has 0 aliphatic rings. The first kappa shape index (κ1) is 9.45. The summed E-state index contributed by atoms with van der Waals surface area (Å²) in [6.45, 7) is 1.86. The van der Waals surface area contributed by atoms with E-state index in [1.54, 1.807) is 6.07 Å². The molecule has 0 aliphatic heterocycles. The Hall–Kier alpha value is -2.10. The number of H-pyrrole nitrogens is 1. The van der Waals surface area contributed by atoms with Crippen LogP contribution in [0.5, 0.6) is 0 Å². The Balaban J connectivity index is 2.97. The van der Waals surface area contributed by atoms with E-state index < -0.39 is 0 Å². The Kier molecular flexibility index (Phi) is 2.04.